The van der Waals surface area contributed by atoms with E-state index < -0.39 is 0 Å². The van der Waals surface area contributed by atoms with Crippen molar-refractivity contribution in [3.8, 4) is 0 Å². The maximum absolute atomic E-state index is 4.06. The van der Waals surface area contributed by atoms with Crippen molar-refractivity contribution in [1.29, 1.82) is 0 Å². The van der Waals surface area contributed by atoms with Crippen LogP contribution in [0.15, 0.2) is 12.3 Å². The van der Waals surface area contributed by atoms with Crippen molar-refractivity contribution in [2.24, 2.45) is 0 Å². The molecular formula is C12H18N2. The smallest absolute Gasteiger partial charge is 0.0403 e. The van der Waals surface area contributed by atoms with E-state index in [0.29, 0.717) is 6.04 Å². The molecule has 2 heterocycles. The van der Waals surface area contributed by atoms with Gasteiger partial charge in [-0.1, -0.05) is 13.2 Å². The molecule has 0 radical (unpaired) electrons. The SMILES string of the molecule is C=c1ccn(C2CCN(C)CC2)c1=C. The molecule has 1 saturated heterocycles. The van der Waals surface area contributed by atoms with Gasteiger partial charge in [-0.2, -0.15) is 0 Å². The van der Waals surface area contributed by atoms with E-state index in [9.17, 15) is 0 Å². The maximum atomic E-state index is 4.06. The van der Waals surface area contributed by atoms with Crippen LogP contribution in [0.3, 0.4) is 0 Å². The largest absolute Gasteiger partial charge is 0.345 e. The van der Waals surface area contributed by atoms with E-state index in [1.165, 1.54) is 25.9 Å². The summed E-state index contributed by atoms with van der Waals surface area (Å²) in [6.07, 6.45) is 4.58. The second kappa shape index (κ2) is 3.62. The van der Waals surface area contributed by atoms with Crippen LogP contribution >= 0.6 is 0 Å². The lowest BCUT2D eigenvalue weighted by Gasteiger charge is -2.30. The molecule has 0 bridgehead atoms. The fourth-order valence-electron chi connectivity index (χ4n) is 2.14. The van der Waals surface area contributed by atoms with E-state index in [1.807, 2.05) is 0 Å². The fraction of sp³-hybridized carbons (Fsp3) is 0.500. The Bertz CT molecular complexity index is 396. The van der Waals surface area contributed by atoms with E-state index in [4.69, 9.17) is 0 Å². The normalized spacial score (nSPS) is 20.1. The third-order valence-electron chi connectivity index (χ3n) is 3.20. The van der Waals surface area contributed by atoms with Gasteiger partial charge in [0.1, 0.15) is 0 Å². The van der Waals surface area contributed by atoms with Gasteiger partial charge in [-0.05, 0) is 44.3 Å². The lowest BCUT2D eigenvalue weighted by Crippen LogP contribution is -2.36. The first-order valence-electron chi connectivity index (χ1n) is 5.22. The Morgan fingerprint density at radius 3 is 2.43 bits per heavy atom. The van der Waals surface area contributed by atoms with Gasteiger partial charge in [-0.15, -0.1) is 0 Å². The van der Waals surface area contributed by atoms with E-state index in [1.54, 1.807) is 0 Å². The van der Waals surface area contributed by atoms with Crippen LogP contribution in [-0.2, 0) is 0 Å². The van der Waals surface area contributed by atoms with E-state index in [0.717, 1.165) is 10.6 Å². The van der Waals surface area contributed by atoms with Gasteiger partial charge in [-0.3, -0.25) is 0 Å². The average Bonchev–Trinajstić information content (AvgIpc) is 2.50. The first-order valence-corrected chi connectivity index (χ1v) is 5.22. The molecule has 2 rings (SSSR count). The monoisotopic (exact) mass is 190 g/mol. The summed E-state index contributed by atoms with van der Waals surface area (Å²) in [5.74, 6) is 0. The van der Waals surface area contributed by atoms with Crippen LogP contribution < -0.4 is 10.6 Å². The van der Waals surface area contributed by atoms with Crippen LogP contribution in [0.4, 0.5) is 0 Å². The number of piperidine rings is 1. The number of aromatic nitrogens is 1. The zero-order valence-corrected chi connectivity index (χ0v) is 8.87. The summed E-state index contributed by atoms with van der Waals surface area (Å²) in [6.45, 7) is 10.4. The highest BCUT2D eigenvalue weighted by Gasteiger charge is 2.17. The Hall–Kier alpha value is -1.02. The highest BCUT2D eigenvalue weighted by atomic mass is 15.1. The molecule has 76 valence electrons. The van der Waals surface area contributed by atoms with Crippen molar-refractivity contribution in [2.75, 3.05) is 20.1 Å². The Labute approximate surface area is 85.1 Å². The number of hydrogen-bond acceptors (Lipinski definition) is 1. The lowest BCUT2D eigenvalue weighted by molar-refractivity contribution is 0.220. The molecule has 1 aromatic heterocycles. The molecule has 0 unspecified atom stereocenters. The Balaban J connectivity index is 2.20. The summed E-state index contributed by atoms with van der Waals surface area (Å²) in [5.41, 5.74) is 0. The summed E-state index contributed by atoms with van der Waals surface area (Å²) < 4.78 is 2.29. The molecule has 0 saturated carbocycles. The second-order valence-corrected chi connectivity index (χ2v) is 4.23. The number of hydrogen-bond donors (Lipinski definition) is 0. The topological polar surface area (TPSA) is 8.17 Å². The summed E-state index contributed by atoms with van der Waals surface area (Å²) >= 11 is 0. The Kier molecular flexibility index (Phi) is 2.46. The average molecular weight is 190 g/mol. The van der Waals surface area contributed by atoms with Gasteiger partial charge in [-0.25, -0.2) is 0 Å². The number of nitrogens with zero attached hydrogens (tertiary/aromatic N) is 2. The van der Waals surface area contributed by atoms with Crippen molar-refractivity contribution in [3.63, 3.8) is 0 Å². The van der Waals surface area contributed by atoms with Crippen molar-refractivity contribution in [3.05, 3.63) is 22.8 Å². The zero-order chi connectivity index (χ0) is 10.1. The van der Waals surface area contributed by atoms with E-state index in [-0.39, 0.29) is 0 Å². The predicted octanol–water partition coefficient (Wildman–Crippen LogP) is 0.575. The summed E-state index contributed by atoms with van der Waals surface area (Å²) in [5, 5.41) is 2.14. The third kappa shape index (κ3) is 1.62. The van der Waals surface area contributed by atoms with Crippen LogP contribution in [-0.4, -0.2) is 29.6 Å². The molecule has 0 spiro atoms. The molecule has 1 fully saturated rings. The molecule has 1 aliphatic rings. The number of rotatable bonds is 1. The molecule has 0 atom stereocenters. The third-order valence-corrected chi connectivity index (χ3v) is 3.20. The van der Waals surface area contributed by atoms with Gasteiger partial charge in [0, 0.05) is 17.6 Å². The van der Waals surface area contributed by atoms with Gasteiger partial charge in [0.05, 0.1) is 0 Å². The zero-order valence-electron chi connectivity index (χ0n) is 8.87. The quantitative estimate of drug-likeness (QED) is 0.629. The Morgan fingerprint density at radius 1 is 1.29 bits per heavy atom. The van der Waals surface area contributed by atoms with Crippen LogP contribution in [0.1, 0.15) is 18.9 Å². The van der Waals surface area contributed by atoms with Gasteiger partial charge < -0.3 is 9.47 Å². The van der Waals surface area contributed by atoms with Crippen LogP contribution in [0, 0.1) is 0 Å². The number of likely N-dealkylation sites (tertiary alicyclic amines) is 1. The molecule has 2 heteroatoms. The predicted molar refractivity (Wildman–Crippen MR) is 60.5 cm³/mol. The van der Waals surface area contributed by atoms with Crippen molar-refractivity contribution in [2.45, 2.75) is 18.9 Å². The standard InChI is InChI=1S/C12H18N2/c1-10-4-9-14(11(10)2)12-5-7-13(3)8-6-12/h4,9,12H,1-2,5-8H2,3H3. The molecule has 0 amide bonds. The first-order chi connectivity index (χ1) is 6.68. The van der Waals surface area contributed by atoms with Crippen LogP contribution in [0.2, 0.25) is 0 Å². The molecule has 1 aliphatic heterocycles. The fourth-order valence-corrected chi connectivity index (χ4v) is 2.14. The van der Waals surface area contributed by atoms with Gasteiger partial charge in [0.25, 0.3) is 0 Å². The van der Waals surface area contributed by atoms with Crippen molar-refractivity contribution in [1.82, 2.24) is 9.47 Å². The lowest BCUT2D eigenvalue weighted by atomic mass is 10.1. The van der Waals surface area contributed by atoms with E-state index in [2.05, 4.69) is 41.9 Å². The minimum absolute atomic E-state index is 0.634. The molecule has 1 aromatic rings. The highest BCUT2D eigenvalue weighted by Crippen LogP contribution is 2.19. The summed E-state index contributed by atoms with van der Waals surface area (Å²) in [7, 11) is 2.18. The van der Waals surface area contributed by atoms with Gasteiger partial charge >= 0.3 is 0 Å². The molecule has 2 nitrogen and oxygen atoms in total. The molecule has 0 aliphatic carbocycles. The van der Waals surface area contributed by atoms with Crippen LogP contribution in [0.5, 0.6) is 0 Å². The second-order valence-electron chi connectivity index (χ2n) is 4.23. The van der Waals surface area contributed by atoms with Gasteiger partial charge in [0.2, 0.25) is 0 Å². The Morgan fingerprint density at radius 2 is 1.93 bits per heavy atom. The minimum Gasteiger partial charge on any atom is -0.345 e. The first kappa shape index (κ1) is 9.53. The van der Waals surface area contributed by atoms with E-state index >= 15 is 0 Å². The van der Waals surface area contributed by atoms with Gasteiger partial charge in [0.15, 0.2) is 0 Å². The summed E-state index contributed by atoms with van der Waals surface area (Å²) in [6, 6.07) is 2.69. The highest BCUT2D eigenvalue weighted by molar-refractivity contribution is 5.12. The summed E-state index contributed by atoms with van der Waals surface area (Å²) in [4.78, 5) is 2.38. The van der Waals surface area contributed by atoms with Crippen molar-refractivity contribution >= 4 is 13.2 Å². The molecule has 0 N–H and O–H groups in total. The minimum atomic E-state index is 0.634. The molecule has 14 heavy (non-hydrogen) atoms. The molecular weight excluding hydrogens is 172 g/mol. The maximum Gasteiger partial charge on any atom is 0.0403 e. The van der Waals surface area contributed by atoms with Crippen LogP contribution in [0.25, 0.3) is 13.2 Å². The van der Waals surface area contributed by atoms with Crippen molar-refractivity contribution < 1.29 is 0 Å². The molecule has 0 aromatic carbocycles.